The van der Waals surface area contributed by atoms with Gasteiger partial charge in [-0.05, 0) is 45.9 Å². The summed E-state index contributed by atoms with van der Waals surface area (Å²) >= 11 is 0. The predicted molar refractivity (Wildman–Crippen MR) is 183 cm³/mol. The van der Waals surface area contributed by atoms with E-state index in [1.165, 1.54) is 55.4 Å². The van der Waals surface area contributed by atoms with E-state index in [0.717, 1.165) is 0 Å². The van der Waals surface area contributed by atoms with Gasteiger partial charge in [-0.15, -0.1) is 0 Å². The van der Waals surface area contributed by atoms with E-state index in [1.54, 1.807) is 0 Å². The molecular weight excluding hydrogens is 503 g/mol. The molecule has 1 heteroatoms. The maximum atomic E-state index is 2.27. The van der Waals surface area contributed by atoms with Crippen LogP contribution in [-0.2, 0) is 0 Å². The van der Waals surface area contributed by atoms with Crippen molar-refractivity contribution in [1.29, 1.82) is 0 Å². The third-order valence-electron chi connectivity index (χ3n) is 7.87. The molecule has 0 nitrogen and oxygen atoms in total. The highest BCUT2D eigenvalue weighted by Crippen LogP contribution is 2.42. The zero-order valence-electron chi connectivity index (χ0n) is 23.9. The Morgan fingerprint density at radius 3 is 1.05 bits per heavy atom. The molecule has 0 bridgehead atoms. The Balaban J connectivity index is 1.82. The van der Waals surface area contributed by atoms with Gasteiger partial charge in [0.1, 0.15) is 0 Å². The first-order valence-corrected chi connectivity index (χ1v) is 14.6. The fourth-order valence-corrected chi connectivity index (χ4v) is 5.91. The summed E-state index contributed by atoms with van der Waals surface area (Å²) < 4.78 is 0. The summed E-state index contributed by atoms with van der Waals surface area (Å²) in [6.45, 7) is 2.27. The highest BCUT2D eigenvalue weighted by Gasteiger charge is 2.30. The van der Waals surface area contributed by atoms with Crippen LogP contribution < -0.4 is 10.9 Å². The predicted octanol–water partition coefficient (Wildman–Crippen LogP) is 9.08. The highest BCUT2D eigenvalue weighted by molar-refractivity contribution is 7.01. The fourth-order valence-electron chi connectivity index (χ4n) is 5.91. The van der Waals surface area contributed by atoms with Crippen LogP contribution in [0.1, 0.15) is 29.2 Å². The molecule has 0 N–H and O–H groups in total. The molecule has 6 rings (SSSR count). The smallest absolute Gasteiger partial charge is 0.0686 e. The molecule has 0 aliphatic heterocycles. The first kappa shape index (κ1) is 27.1. The average Bonchev–Trinajstić information content (AvgIpc) is 3.08. The van der Waals surface area contributed by atoms with Crippen LogP contribution in [0.5, 0.6) is 0 Å². The molecule has 0 saturated carbocycles. The fraction of sp³-hybridized carbons (Fsp3) is 0.0244. The normalized spacial score (nSPS) is 12.2. The van der Waals surface area contributed by atoms with Crippen molar-refractivity contribution in [3.63, 3.8) is 0 Å². The van der Waals surface area contributed by atoms with Gasteiger partial charge in [0, 0.05) is 0 Å². The number of rotatable bonds is 8. The lowest BCUT2D eigenvalue weighted by molar-refractivity contribution is 1.53. The first-order chi connectivity index (χ1) is 20.8. The van der Waals surface area contributed by atoms with Gasteiger partial charge in [0.15, 0.2) is 0 Å². The van der Waals surface area contributed by atoms with Crippen LogP contribution in [0, 0.1) is 0 Å². The third kappa shape index (κ3) is 5.82. The molecule has 0 aliphatic rings. The SMILES string of the molecule is C/C(=C(/C(=C(\B(c1ccccc1)c1ccccc1)c1ccccc1)c1ccccc1)c1ccccc1)c1ccccc1. The van der Waals surface area contributed by atoms with Gasteiger partial charge in [-0.1, -0.05) is 198 Å². The molecule has 0 atom stereocenters. The van der Waals surface area contributed by atoms with Crippen molar-refractivity contribution < 1.29 is 0 Å². The molecular formula is C41H33B. The van der Waals surface area contributed by atoms with Crippen LogP contribution in [0.15, 0.2) is 182 Å². The molecule has 6 aromatic carbocycles. The second-order valence-electron chi connectivity index (χ2n) is 10.5. The third-order valence-corrected chi connectivity index (χ3v) is 7.87. The average molecular weight is 537 g/mol. The lowest BCUT2D eigenvalue weighted by Crippen LogP contribution is -2.44. The van der Waals surface area contributed by atoms with Gasteiger partial charge in [-0.3, -0.25) is 0 Å². The number of allylic oxidation sites excluding steroid dienone is 3. The summed E-state index contributed by atoms with van der Waals surface area (Å²) in [5.74, 6) is 0. The molecule has 0 spiro atoms. The van der Waals surface area contributed by atoms with Crippen molar-refractivity contribution in [3.05, 3.63) is 204 Å². The van der Waals surface area contributed by atoms with E-state index in [2.05, 4.69) is 189 Å². The van der Waals surface area contributed by atoms with Crippen molar-refractivity contribution in [2.24, 2.45) is 0 Å². The second-order valence-corrected chi connectivity index (χ2v) is 10.5. The number of benzene rings is 6. The van der Waals surface area contributed by atoms with E-state index in [4.69, 9.17) is 0 Å². The highest BCUT2D eigenvalue weighted by atomic mass is 14.2. The van der Waals surface area contributed by atoms with E-state index >= 15 is 0 Å². The van der Waals surface area contributed by atoms with Crippen molar-refractivity contribution in [2.75, 3.05) is 0 Å². The van der Waals surface area contributed by atoms with Crippen LogP contribution in [0.4, 0.5) is 0 Å². The Hall–Kier alpha value is -5.14. The molecule has 42 heavy (non-hydrogen) atoms. The summed E-state index contributed by atoms with van der Waals surface area (Å²) in [4.78, 5) is 0. The molecule has 0 fully saturated rings. The van der Waals surface area contributed by atoms with Crippen LogP contribution in [-0.4, -0.2) is 6.71 Å². The monoisotopic (exact) mass is 536 g/mol. The summed E-state index contributed by atoms with van der Waals surface area (Å²) in [7, 11) is 0. The molecule has 0 aromatic heterocycles. The molecule has 0 saturated heterocycles. The maximum absolute atomic E-state index is 2.27. The standard InChI is InChI=1S/C41H33B/c1-32(33-20-8-2-9-21-33)39(34-22-10-3-11-23-34)40(35-24-12-4-13-25-35)41(36-26-14-5-15-27-36)42(37-28-16-6-17-29-37)38-30-18-7-19-31-38/h2-31H,1H3/b39-32-,41-40-. The maximum Gasteiger partial charge on any atom is 0.242 e. The lowest BCUT2D eigenvalue weighted by atomic mass is 9.34. The molecule has 0 aliphatic carbocycles. The molecule has 200 valence electrons. The van der Waals surface area contributed by atoms with E-state index < -0.39 is 0 Å². The summed E-state index contributed by atoms with van der Waals surface area (Å²) in [5.41, 5.74) is 12.4. The molecule has 0 amide bonds. The number of hydrogen-bond acceptors (Lipinski definition) is 0. The van der Waals surface area contributed by atoms with E-state index in [9.17, 15) is 0 Å². The van der Waals surface area contributed by atoms with Crippen LogP contribution >= 0.6 is 0 Å². The zero-order chi connectivity index (χ0) is 28.6. The van der Waals surface area contributed by atoms with Crippen LogP contribution in [0.3, 0.4) is 0 Å². The quantitative estimate of drug-likeness (QED) is 0.103. The van der Waals surface area contributed by atoms with Gasteiger partial charge >= 0.3 is 0 Å². The summed E-state index contributed by atoms with van der Waals surface area (Å²) in [6, 6.07) is 65.4. The Morgan fingerprint density at radius 1 is 0.333 bits per heavy atom. The molecule has 6 aromatic rings. The van der Waals surface area contributed by atoms with E-state index in [1.807, 2.05) is 0 Å². The minimum Gasteiger partial charge on any atom is -0.0686 e. The largest absolute Gasteiger partial charge is 0.242 e. The van der Waals surface area contributed by atoms with Gasteiger partial charge in [-0.2, -0.15) is 0 Å². The minimum absolute atomic E-state index is 0.00675. The van der Waals surface area contributed by atoms with Crippen LogP contribution in [0.25, 0.3) is 22.2 Å². The van der Waals surface area contributed by atoms with Gasteiger partial charge in [0.25, 0.3) is 0 Å². The lowest BCUT2D eigenvalue weighted by Gasteiger charge is -2.27. The second kappa shape index (κ2) is 13.0. The van der Waals surface area contributed by atoms with Crippen molar-refractivity contribution in [1.82, 2.24) is 0 Å². The van der Waals surface area contributed by atoms with Crippen LogP contribution in [0.2, 0.25) is 0 Å². The van der Waals surface area contributed by atoms with Crippen molar-refractivity contribution >= 4 is 39.8 Å². The minimum atomic E-state index is 0.00675. The van der Waals surface area contributed by atoms with Gasteiger partial charge in [0.2, 0.25) is 6.71 Å². The Kier molecular flexibility index (Phi) is 8.39. The number of hydrogen-bond donors (Lipinski definition) is 0. The summed E-state index contributed by atoms with van der Waals surface area (Å²) in [5, 5.41) is 0. The van der Waals surface area contributed by atoms with Gasteiger partial charge in [-0.25, -0.2) is 0 Å². The van der Waals surface area contributed by atoms with Crippen molar-refractivity contribution in [3.8, 4) is 0 Å². The van der Waals surface area contributed by atoms with E-state index in [-0.39, 0.29) is 6.71 Å². The Labute approximate surface area is 250 Å². The van der Waals surface area contributed by atoms with Gasteiger partial charge in [0.05, 0.1) is 0 Å². The molecule has 0 unspecified atom stereocenters. The summed E-state index contributed by atoms with van der Waals surface area (Å²) in [6.07, 6.45) is 0. The molecule has 0 radical (unpaired) electrons. The Bertz CT molecular complexity index is 1730. The molecule has 0 heterocycles. The van der Waals surface area contributed by atoms with Gasteiger partial charge < -0.3 is 0 Å². The zero-order valence-corrected chi connectivity index (χ0v) is 23.9. The first-order valence-electron chi connectivity index (χ1n) is 14.6. The topological polar surface area (TPSA) is 0 Å². The van der Waals surface area contributed by atoms with Crippen molar-refractivity contribution in [2.45, 2.75) is 6.92 Å². The van der Waals surface area contributed by atoms with E-state index in [0.29, 0.717) is 0 Å². The Morgan fingerprint density at radius 2 is 0.643 bits per heavy atom.